The number of nitrogens with zero attached hydrogens (tertiary/aromatic N) is 4. The molecule has 162 valence electrons. The predicted octanol–water partition coefficient (Wildman–Crippen LogP) is 4.33. The van der Waals surface area contributed by atoms with Gasteiger partial charge < -0.3 is 15.2 Å². The van der Waals surface area contributed by atoms with Crippen molar-refractivity contribution in [2.75, 3.05) is 20.1 Å². The molecule has 0 spiro atoms. The lowest BCUT2D eigenvalue weighted by atomic mass is 9.87. The number of halogens is 1. The van der Waals surface area contributed by atoms with Crippen LogP contribution in [0.15, 0.2) is 4.99 Å². The molecule has 0 radical (unpaired) electrons. The van der Waals surface area contributed by atoms with Crippen LogP contribution in [0.2, 0.25) is 0 Å². The molecule has 0 aromatic carbocycles. The summed E-state index contributed by atoms with van der Waals surface area (Å²) in [6.45, 7) is 9.86. The van der Waals surface area contributed by atoms with Crippen molar-refractivity contribution in [3.8, 4) is 0 Å². The van der Waals surface area contributed by atoms with Crippen LogP contribution < -0.4 is 10.6 Å². The zero-order chi connectivity index (χ0) is 19.5. The van der Waals surface area contributed by atoms with Gasteiger partial charge in [-0.05, 0) is 31.1 Å². The van der Waals surface area contributed by atoms with Gasteiger partial charge in [-0.1, -0.05) is 46.5 Å². The molecule has 2 N–H and O–H groups in total. The molecular formula is C21H41IN6. The number of hydrogen-bond acceptors (Lipinski definition) is 3. The smallest absolute Gasteiger partial charge is 0.190 e. The molecule has 2 heterocycles. The van der Waals surface area contributed by atoms with Gasteiger partial charge in [0.2, 0.25) is 0 Å². The van der Waals surface area contributed by atoms with Crippen molar-refractivity contribution in [1.29, 1.82) is 0 Å². The highest BCUT2D eigenvalue weighted by Gasteiger charge is 2.18. The molecule has 0 amide bonds. The maximum absolute atomic E-state index is 4.42. The van der Waals surface area contributed by atoms with Crippen LogP contribution in [0, 0.1) is 5.41 Å². The summed E-state index contributed by atoms with van der Waals surface area (Å²) in [4.78, 5) is 4.37. The monoisotopic (exact) mass is 504 g/mol. The Morgan fingerprint density at radius 3 is 2.68 bits per heavy atom. The fourth-order valence-corrected chi connectivity index (χ4v) is 3.67. The highest BCUT2D eigenvalue weighted by molar-refractivity contribution is 14.0. The summed E-state index contributed by atoms with van der Waals surface area (Å²) in [5.74, 6) is 3.23. The lowest BCUT2D eigenvalue weighted by Gasteiger charge is -2.26. The van der Waals surface area contributed by atoms with Gasteiger partial charge in [-0.2, -0.15) is 0 Å². The van der Waals surface area contributed by atoms with E-state index >= 15 is 0 Å². The fraction of sp³-hybridized carbons (Fsp3) is 0.857. The van der Waals surface area contributed by atoms with Crippen LogP contribution in [-0.2, 0) is 19.4 Å². The van der Waals surface area contributed by atoms with Gasteiger partial charge >= 0.3 is 0 Å². The van der Waals surface area contributed by atoms with Crippen LogP contribution in [0.1, 0.15) is 83.8 Å². The normalized spacial score (nSPS) is 14.8. The molecule has 0 bridgehead atoms. The summed E-state index contributed by atoms with van der Waals surface area (Å²) in [6, 6.07) is 0. The minimum Gasteiger partial charge on any atom is -0.356 e. The van der Waals surface area contributed by atoms with Gasteiger partial charge in [0, 0.05) is 39.5 Å². The zero-order valence-corrected chi connectivity index (χ0v) is 20.7. The molecule has 0 aliphatic carbocycles. The van der Waals surface area contributed by atoms with Crippen LogP contribution in [0.5, 0.6) is 0 Å². The molecule has 28 heavy (non-hydrogen) atoms. The molecule has 0 atom stereocenters. The van der Waals surface area contributed by atoms with Gasteiger partial charge in [0.1, 0.15) is 11.6 Å². The molecule has 1 aromatic heterocycles. The molecule has 1 aliphatic heterocycles. The van der Waals surface area contributed by atoms with E-state index in [1.807, 2.05) is 7.05 Å². The lowest BCUT2D eigenvalue weighted by molar-refractivity contribution is 0.318. The molecule has 6 nitrogen and oxygen atoms in total. The number of guanidine groups is 1. The Balaban J connectivity index is 0.00000392. The van der Waals surface area contributed by atoms with E-state index in [4.69, 9.17) is 0 Å². The quantitative estimate of drug-likeness (QED) is 0.216. The summed E-state index contributed by atoms with van der Waals surface area (Å²) in [5.41, 5.74) is 0.297. The van der Waals surface area contributed by atoms with Gasteiger partial charge in [-0.15, -0.1) is 34.2 Å². The van der Waals surface area contributed by atoms with E-state index in [1.54, 1.807) is 0 Å². The first-order chi connectivity index (χ1) is 13.1. The van der Waals surface area contributed by atoms with Crippen LogP contribution in [0.4, 0.5) is 0 Å². The van der Waals surface area contributed by atoms with Gasteiger partial charge in [0.05, 0.1) is 0 Å². The van der Waals surface area contributed by atoms with Crippen LogP contribution >= 0.6 is 24.0 Å². The van der Waals surface area contributed by atoms with Gasteiger partial charge in [0.15, 0.2) is 5.96 Å². The average molecular weight is 505 g/mol. The van der Waals surface area contributed by atoms with E-state index in [-0.39, 0.29) is 24.0 Å². The second kappa shape index (κ2) is 13.4. The summed E-state index contributed by atoms with van der Waals surface area (Å²) in [5, 5.41) is 15.7. The second-order valence-corrected chi connectivity index (χ2v) is 8.57. The number of aryl methyl sites for hydroxylation is 2. The van der Waals surface area contributed by atoms with Crippen LogP contribution in [0.25, 0.3) is 0 Å². The Morgan fingerprint density at radius 2 is 1.93 bits per heavy atom. The zero-order valence-electron chi connectivity index (χ0n) is 18.4. The summed E-state index contributed by atoms with van der Waals surface area (Å²) in [6.07, 6.45) is 12.1. The summed E-state index contributed by atoms with van der Waals surface area (Å²) >= 11 is 0. The summed E-state index contributed by atoms with van der Waals surface area (Å²) in [7, 11) is 1.85. The van der Waals surface area contributed by atoms with E-state index in [9.17, 15) is 0 Å². The van der Waals surface area contributed by atoms with Gasteiger partial charge in [-0.25, -0.2) is 0 Å². The summed E-state index contributed by atoms with van der Waals surface area (Å²) < 4.78 is 2.35. The number of nitrogens with one attached hydrogen (secondary N) is 2. The number of rotatable bonds is 10. The molecule has 2 rings (SSSR count). The fourth-order valence-electron chi connectivity index (χ4n) is 3.67. The Morgan fingerprint density at radius 1 is 1.11 bits per heavy atom. The average Bonchev–Trinajstić information content (AvgIpc) is 2.87. The Labute approximate surface area is 188 Å². The van der Waals surface area contributed by atoms with Crippen molar-refractivity contribution < 1.29 is 0 Å². The first-order valence-electron chi connectivity index (χ1n) is 10.9. The van der Waals surface area contributed by atoms with Crippen molar-refractivity contribution in [2.45, 2.75) is 91.5 Å². The molecule has 0 saturated heterocycles. The molecule has 0 unspecified atom stereocenters. The molecule has 1 aromatic rings. The molecule has 1 aliphatic rings. The Bertz CT molecular complexity index is 581. The van der Waals surface area contributed by atoms with Crippen molar-refractivity contribution in [1.82, 2.24) is 25.4 Å². The van der Waals surface area contributed by atoms with Crippen molar-refractivity contribution in [2.24, 2.45) is 10.4 Å². The van der Waals surface area contributed by atoms with Gasteiger partial charge in [0.25, 0.3) is 0 Å². The Hall–Kier alpha value is -0.860. The van der Waals surface area contributed by atoms with Crippen molar-refractivity contribution >= 4 is 29.9 Å². The number of hydrogen-bond donors (Lipinski definition) is 2. The SMILES string of the molecule is CCCCCC(C)(C)CNC(=NC)NCCCc1nnc2n1CCCCC2.I. The van der Waals surface area contributed by atoms with E-state index in [0.717, 1.165) is 50.7 Å². The van der Waals surface area contributed by atoms with E-state index in [1.165, 1.54) is 50.8 Å². The van der Waals surface area contributed by atoms with Crippen molar-refractivity contribution in [3.05, 3.63) is 11.6 Å². The van der Waals surface area contributed by atoms with E-state index in [2.05, 4.69) is 51.2 Å². The number of aromatic nitrogens is 3. The standard InChI is InChI=1S/C21H40N6.HI/c1-5-6-9-14-21(2,3)17-24-20(22-4)23-15-11-13-19-26-25-18-12-8-7-10-16-27(18)19;/h5-17H2,1-4H3,(H2,22,23,24);1H. The molecule has 0 fully saturated rings. The molecular weight excluding hydrogens is 463 g/mol. The third-order valence-electron chi connectivity index (χ3n) is 5.47. The molecule has 7 heteroatoms. The third kappa shape index (κ3) is 8.66. The maximum atomic E-state index is 4.42. The predicted molar refractivity (Wildman–Crippen MR) is 129 cm³/mol. The van der Waals surface area contributed by atoms with E-state index < -0.39 is 0 Å². The Kier molecular flexibility index (Phi) is 12.0. The minimum atomic E-state index is 0. The highest BCUT2D eigenvalue weighted by Crippen LogP contribution is 2.22. The number of aliphatic imine (C=N–C) groups is 1. The third-order valence-corrected chi connectivity index (χ3v) is 5.47. The van der Waals surface area contributed by atoms with Crippen LogP contribution in [0.3, 0.4) is 0 Å². The highest BCUT2D eigenvalue weighted by atomic mass is 127. The number of unbranched alkanes of at least 4 members (excludes halogenated alkanes) is 2. The topological polar surface area (TPSA) is 67.1 Å². The molecule has 0 saturated carbocycles. The number of fused-ring (bicyclic) bond motifs is 1. The first-order valence-corrected chi connectivity index (χ1v) is 10.9. The minimum absolute atomic E-state index is 0. The maximum Gasteiger partial charge on any atom is 0.190 e. The van der Waals surface area contributed by atoms with Gasteiger partial charge in [-0.3, -0.25) is 4.99 Å². The largest absolute Gasteiger partial charge is 0.356 e. The van der Waals surface area contributed by atoms with E-state index in [0.29, 0.717) is 5.41 Å². The lowest BCUT2D eigenvalue weighted by Crippen LogP contribution is -2.42. The second-order valence-electron chi connectivity index (χ2n) is 8.57. The van der Waals surface area contributed by atoms with Crippen molar-refractivity contribution in [3.63, 3.8) is 0 Å². The van der Waals surface area contributed by atoms with Crippen LogP contribution in [-0.4, -0.2) is 40.9 Å². The first kappa shape index (κ1) is 25.2.